The highest BCUT2D eigenvalue weighted by molar-refractivity contribution is 6.01. The Kier molecular flexibility index (Phi) is 5.34. The number of para-hydroxylation sites is 1. The van der Waals surface area contributed by atoms with Gasteiger partial charge in [-0.15, -0.1) is 12.4 Å². The minimum Gasteiger partial charge on any atom is -0.370 e. The summed E-state index contributed by atoms with van der Waals surface area (Å²) in [5.74, 6) is -0.859. The molecule has 0 radical (unpaired) electrons. The minimum absolute atomic E-state index is 0. The molecule has 7 heteroatoms. The van der Waals surface area contributed by atoms with Gasteiger partial charge in [0.2, 0.25) is 0 Å². The number of rotatable bonds is 3. The van der Waals surface area contributed by atoms with Gasteiger partial charge in [0.05, 0.1) is 11.4 Å². The molecule has 0 bridgehead atoms. The second kappa shape index (κ2) is 7.43. The summed E-state index contributed by atoms with van der Waals surface area (Å²) in [7, 11) is 0. The second-order valence-electron chi connectivity index (χ2n) is 4.87. The van der Waals surface area contributed by atoms with Crippen molar-refractivity contribution in [2.75, 3.05) is 0 Å². The molecule has 0 spiro atoms. The summed E-state index contributed by atoms with van der Waals surface area (Å²) >= 11 is 0. The maximum Gasteiger partial charge on any atom is 0.300 e. The number of hydrogen-bond acceptors (Lipinski definition) is 2. The van der Waals surface area contributed by atoms with Crippen molar-refractivity contribution in [1.82, 2.24) is 9.78 Å². The van der Waals surface area contributed by atoms with Gasteiger partial charge in [-0.1, -0.05) is 48.5 Å². The average molecular weight is 342 g/mol. The standard InChI is InChI=1S/C17H15N5O.ClH/c18-17(19)20-16(23)14-11-15(12-7-3-1-4-8-12)22(21-14)13-9-5-2-6-10-13;/h1-11H,(H4,18,19,20,23);1H. The van der Waals surface area contributed by atoms with Crippen LogP contribution in [0.2, 0.25) is 0 Å². The first-order valence-corrected chi connectivity index (χ1v) is 7.00. The number of carbonyl (C=O) groups is 1. The summed E-state index contributed by atoms with van der Waals surface area (Å²) in [6.45, 7) is 0. The molecule has 0 aliphatic heterocycles. The first-order chi connectivity index (χ1) is 11.1. The number of halogens is 1. The molecular formula is C17H16ClN5O. The summed E-state index contributed by atoms with van der Waals surface area (Å²) in [4.78, 5) is 15.6. The maximum absolute atomic E-state index is 12.1. The molecule has 0 saturated carbocycles. The van der Waals surface area contributed by atoms with Crippen molar-refractivity contribution in [3.63, 3.8) is 0 Å². The molecule has 0 aliphatic carbocycles. The van der Waals surface area contributed by atoms with Gasteiger partial charge in [-0.25, -0.2) is 4.68 Å². The fourth-order valence-electron chi connectivity index (χ4n) is 2.24. The Bertz CT molecular complexity index is 798. The first-order valence-electron chi connectivity index (χ1n) is 7.00. The van der Waals surface area contributed by atoms with Crippen molar-refractivity contribution in [2.24, 2.45) is 16.5 Å². The lowest BCUT2D eigenvalue weighted by atomic mass is 10.1. The van der Waals surface area contributed by atoms with Crippen molar-refractivity contribution >= 4 is 24.3 Å². The highest BCUT2D eigenvalue weighted by Gasteiger charge is 2.16. The SMILES string of the molecule is Cl.NC(N)=NC(=O)c1cc(-c2ccccc2)n(-c2ccccc2)n1. The van der Waals surface area contributed by atoms with Crippen LogP contribution in [0.3, 0.4) is 0 Å². The van der Waals surface area contributed by atoms with E-state index in [-0.39, 0.29) is 24.1 Å². The first kappa shape index (κ1) is 17.2. The van der Waals surface area contributed by atoms with Gasteiger partial charge in [-0.05, 0) is 18.2 Å². The number of aliphatic imine (C=N–C) groups is 1. The smallest absolute Gasteiger partial charge is 0.300 e. The molecule has 0 saturated heterocycles. The van der Waals surface area contributed by atoms with Crippen LogP contribution in [0.15, 0.2) is 71.7 Å². The van der Waals surface area contributed by atoms with Gasteiger partial charge >= 0.3 is 5.91 Å². The second-order valence-corrected chi connectivity index (χ2v) is 4.87. The van der Waals surface area contributed by atoms with Crippen LogP contribution in [0.25, 0.3) is 16.9 Å². The number of hydrogen-bond donors (Lipinski definition) is 2. The summed E-state index contributed by atoms with van der Waals surface area (Å²) in [5, 5.41) is 4.36. The largest absolute Gasteiger partial charge is 0.370 e. The highest BCUT2D eigenvalue weighted by Crippen LogP contribution is 2.24. The van der Waals surface area contributed by atoms with Crippen LogP contribution in [-0.4, -0.2) is 21.6 Å². The van der Waals surface area contributed by atoms with Gasteiger partial charge in [0, 0.05) is 5.56 Å². The molecule has 2 aromatic carbocycles. The topological polar surface area (TPSA) is 99.3 Å². The number of amides is 1. The molecule has 3 aromatic rings. The molecule has 6 nitrogen and oxygen atoms in total. The van der Waals surface area contributed by atoms with Gasteiger partial charge < -0.3 is 11.5 Å². The fraction of sp³-hybridized carbons (Fsp3) is 0. The van der Waals surface area contributed by atoms with E-state index in [4.69, 9.17) is 11.5 Å². The molecule has 0 atom stereocenters. The van der Waals surface area contributed by atoms with Gasteiger partial charge in [0.25, 0.3) is 0 Å². The Balaban J connectivity index is 0.00000208. The van der Waals surface area contributed by atoms with Crippen molar-refractivity contribution in [3.05, 3.63) is 72.4 Å². The van der Waals surface area contributed by atoms with Crippen LogP contribution in [0, 0.1) is 0 Å². The third-order valence-corrected chi connectivity index (χ3v) is 3.23. The molecule has 24 heavy (non-hydrogen) atoms. The van der Waals surface area contributed by atoms with Crippen LogP contribution in [0.5, 0.6) is 0 Å². The Morgan fingerprint density at radius 2 is 1.54 bits per heavy atom. The lowest BCUT2D eigenvalue weighted by Gasteiger charge is -2.07. The Hall–Kier alpha value is -3.12. The molecular weight excluding hydrogens is 326 g/mol. The van der Waals surface area contributed by atoms with E-state index >= 15 is 0 Å². The monoisotopic (exact) mass is 341 g/mol. The predicted octanol–water partition coefficient (Wildman–Crippen LogP) is 2.37. The van der Waals surface area contributed by atoms with Crippen molar-refractivity contribution in [1.29, 1.82) is 0 Å². The molecule has 1 aromatic heterocycles. The Labute approximate surface area is 145 Å². The average Bonchev–Trinajstić information content (AvgIpc) is 3.01. The molecule has 0 unspecified atom stereocenters. The predicted molar refractivity (Wildman–Crippen MR) is 96.4 cm³/mol. The van der Waals surface area contributed by atoms with Gasteiger partial charge in [-0.2, -0.15) is 10.1 Å². The Morgan fingerprint density at radius 3 is 2.12 bits per heavy atom. The molecule has 1 amide bonds. The number of nitrogens with zero attached hydrogens (tertiary/aromatic N) is 3. The molecule has 0 aliphatic rings. The van der Waals surface area contributed by atoms with E-state index in [1.807, 2.05) is 60.7 Å². The van der Waals surface area contributed by atoms with E-state index in [0.717, 1.165) is 16.9 Å². The minimum atomic E-state index is -0.572. The zero-order valence-electron chi connectivity index (χ0n) is 12.7. The summed E-state index contributed by atoms with van der Waals surface area (Å²) in [6, 6.07) is 20.9. The number of carbonyl (C=O) groups excluding carboxylic acids is 1. The summed E-state index contributed by atoms with van der Waals surface area (Å²) in [6.07, 6.45) is 0. The molecule has 4 N–H and O–H groups in total. The van der Waals surface area contributed by atoms with Gasteiger partial charge in [0.1, 0.15) is 0 Å². The number of guanidine groups is 1. The lowest BCUT2D eigenvalue weighted by Crippen LogP contribution is -2.24. The van der Waals surface area contributed by atoms with E-state index in [9.17, 15) is 4.79 Å². The molecule has 1 heterocycles. The van der Waals surface area contributed by atoms with Crippen molar-refractivity contribution in [3.8, 4) is 16.9 Å². The molecule has 0 fully saturated rings. The number of benzene rings is 2. The van der Waals surface area contributed by atoms with Crippen molar-refractivity contribution in [2.45, 2.75) is 0 Å². The summed E-state index contributed by atoms with van der Waals surface area (Å²) in [5.41, 5.74) is 13.3. The van der Waals surface area contributed by atoms with Crippen LogP contribution in [-0.2, 0) is 0 Å². The lowest BCUT2D eigenvalue weighted by molar-refractivity contribution is 0.0997. The third kappa shape index (κ3) is 3.61. The van der Waals surface area contributed by atoms with Crippen LogP contribution in [0.1, 0.15) is 10.5 Å². The van der Waals surface area contributed by atoms with Crippen LogP contribution >= 0.6 is 12.4 Å². The molecule has 122 valence electrons. The van der Waals surface area contributed by atoms with Crippen LogP contribution in [0.4, 0.5) is 0 Å². The molecule has 3 rings (SSSR count). The van der Waals surface area contributed by atoms with E-state index < -0.39 is 5.91 Å². The number of aromatic nitrogens is 2. The van der Waals surface area contributed by atoms with E-state index in [1.165, 1.54) is 0 Å². The number of nitrogens with two attached hydrogens (primary N) is 2. The zero-order valence-corrected chi connectivity index (χ0v) is 13.5. The summed E-state index contributed by atoms with van der Waals surface area (Å²) < 4.78 is 1.70. The Morgan fingerprint density at radius 1 is 0.958 bits per heavy atom. The quantitative estimate of drug-likeness (QED) is 0.564. The van der Waals surface area contributed by atoms with E-state index in [0.29, 0.717) is 0 Å². The maximum atomic E-state index is 12.1. The zero-order chi connectivity index (χ0) is 16.2. The van der Waals surface area contributed by atoms with Crippen molar-refractivity contribution < 1.29 is 4.79 Å². The van der Waals surface area contributed by atoms with Gasteiger partial charge in [-0.3, -0.25) is 4.79 Å². The highest BCUT2D eigenvalue weighted by atomic mass is 35.5. The van der Waals surface area contributed by atoms with Gasteiger partial charge in [0.15, 0.2) is 11.7 Å². The van der Waals surface area contributed by atoms with E-state index in [1.54, 1.807) is 10.7 Å². The normalized spacial score (nSPS) is 9.83. The van der Waals surface area contributed by atoms with Crippen LogP contribution < -0.4 is 11.5 Å². The van der Waals surface area contributed by atoms with E-state index in [2.05, 4.69) is 10.1 Å². The third-order valence-electron chi connectivity index (χ3n) is 3.23. The fourth-order valence-corrected chi connectivity index (χ4v) is 2.24.